The van der Waals surface area contributed by atoms with Crippen LogP contribution in [0.25, 0.3) is 0 Å². The zero-order valence-corrected chi connectivity index (χ0v) is 17.1. The van der Waals surface area contributed by atoms with E-state index in [2.05, 4.69) is 0 Å². The number of unbranched alkanes of at least 4 members (excludes halogenated alkanes) is 8. The highest BCUT2D eigenvalue weighted by molar-refractivity contribution is 6.31. The first-order valence-corrected chi connectivity index (χ1v) is 10.4. The minimum atomic E-state index is -0.921. The van der Waals surface area contributed by atoms with E-state index in [1.165, 1.54) is 19.3 Å². The van der Waals surface area contributed by atoms with Crippen LogP contribution in [-0.4, -0.2) is 22.2 Å². The molecule has 1 N–H and O–H groups in total. The van der Waals surface area contributed by atoms with E-state index in [4.69, 9.17) is 28.3 Å². The normalized spacial score (nSPS) is 12.1. The average molecular weight is 401 g/mol. The zero-order valence-electron chi connectivity index (χ0n) is 15.6. The fourth-order valence-corrected chi connectivity index (χ4v) is 3.22. The molecule has 1 atom stereocenters. The minimum absolute atomic E-state index is 0.172. The number of hydrogen-bond donors (Lipinski definition) is 1. The van der Waals surface area contributed by atoms with Gasteiger partial charge < -0.3 is 5.11 Å². The molecule has 1 unspecified atom stereocenters. The summed E-state index contributed by atoms with van der Waals surface area (Å²) in [5.41, 5.74) is 1.70. The molecule has 26 heavy (non-hydrogen) atoms. The van der Waals surface area contributed by atoms with Gasteiger partial charge in [0.05, 0.1) is 0 Å². The maximum atomic E-state index is 12.1. The number of carboxylic acid groups (broad SMARTS) is 1. The van der Waals surface area contributed by atoms with E-state index in [0.29, 0.717) is 23.4 Å². The van der Waals surface area contributed by atoms with E-state index in [1.807, 2.05) is 19.1 Å². The molecule has 0 heterocycles. The molecule has 3 nitrogen and oxygen atoms in total. The molecule has 146 valence electrons. The Bertz CT molecular complexity index is 572. The topological polar surface area (TPSA) is 54.4 Å². The summed E-state index contributed by atoms with van der Waals surface area (Å²) in [6, 6.07) is 5.51. The monoisotopic (exact) mass is 400 g/mol. The molecular formula is C21H30Cl2O3. The first-order valence-electron chi connectivity index (χ1n) is 9.58. The Hall–Kier alpha value is -1.06. The third-order valence-corrected chi connectivity index (χ3v) is 5.44. The van der Waals surface area contributed by atoms with Crippen LogP contribution < -0.4 is 0 Å². The first kappa shape index (κ1) is 23.0. The quantitative estimate of drug-likeness (QED) is 0.212. The lowest BCUT2D eigenvalue weighted by Crippen LogP contribution is -2.12. The van der Waals surface area contributed by atoms with Gasteiger partial charge in [-0.1, -0.05) is 75.1 Å². The van der Waals surface area contributed by atoms with Crippen LogP contribution in [-0.2, 0) is 4.79 Å². The van der Waals surface area contributed by atoms with E-state index in [-0.39, 0.29) is 5.78 Å². The fourth-order valence-electron chi connectivity index (χ4n) is 2.88. The van der Waals surface area contributed by atoms with Crippen molar-refractivity contribution in [1.29, 1.82) is 0 Å². The molecule has 5 heteroatoms. The third kappa shape index (κ3) is 9.59. The Morgan fingerprint density at radius 2 is 1.50 bits per heavy atom. The first-order chi connectivity index (χ1) is 12.4. The van der Waals surface area contributed by atoms with E-state index >= 15 is 0 Å². The van der Waals surface area contributed by atoms with Crippen molar-refractivity contribution < 1.29 is 14.7 Å². The lowest BCUT2D eigenvalue weighted by atomic mass is 10.0. The van der Waals surface area contributed by atoms with Crippen LogP contribution in [0.5, 0.6) is 0 Å². The van der Waals surface area contributed by atoms with Crippen molar-refractivity contribution >= 4 is 35.0 Å². The van der Waals surface area contributed by atoms with Gasteiger partial charge in [-0.15, -0.1) is 11.6 Å². The Morgan fingerprint density at radius 3 is 2.04 bits per heavy atom. The molecule has 0 bridgehead atoms. The number of hydrogen-bond acceptors (Lipinski definition) is 2. The summed E-state index contributed by atoms with van der Waals surface area (Å²) < 4.78 is 0. The molecule has 0 radical (unpaired) electrons. The summed E-state index contributed by atoms with van der Waals surface area (Å²) in [7, 11) is 0. The second-order valence-corrected chi connectivity index (χ2v) is 7.85. The van der Waals surface area contributed by atoms with Crippen molar-refractivity contribution in [2.75, 3.05) is 0 Å². The fraction of sp³-hybridized carbons (Fsp3) is 0.619. The number of aliphatic carboxylic acids is 1. The highest BCUT2D eigenvalue weighted by Crippen LogP contribution is 2.19. The SMILES string of the molecule is Cc1ccc(C(=O)CCCCCCCCCCCC(Cl)C(=O)O)cc1Cl. The van der Waals surface area contributed by atoms with Gasteiger partial charge in [-0.05, 0) is 31.4 Å². The summed E-state index contributed by atoms with van der Waals surface area (Å²) in [6.45, 7) is 1.93. The molecule has 0 aliphatic heterocycles. The summed E-state index contributed by atoms with van der Waals surface area (Å²) >= 11 is 11.7. The summed E-state index contributed by atoms with van der Waals surface area (Å²) in [4.78, 5) is 22.7. The van der Waals surface area contributed by atoms with E-state index in [9.17, 15) is 9.59 Å². The Morgan fingerprint density at radius 1 is 0.962 bits per heavy atom. The van der Waals surface area contributed by atoms with Crippen LogP contribution in [0.2, 0.25) is 5.02 Å². The molecule has 1 rings (SSSR count). The number of benzene rings is 1. The summed E-state index contributed by atoms with van der Waals surface area (Å²) in [5, 5.41) is 8.60. The van der Waals surface area contributed by atoms with Crippen molar-refractivity contribution in [3.63, 3.8) is 0 Å². The Labute approximate surface area is 167 Å². The van der Waals surface area contributed by atoms with Crippen LogP contribution in [0.3, 0.4) is 0 Å². The van der Waals surface area contributed by atoms with Gasteiger partial charge in [-0.2, -0.15) is 0 Å². The highest BCUT2D eigenvalue weighted by atomic mass is 35.5. The Kier molecular flexibility index (Phi) is 11.6. The molecule has 0 amide bonds. The zero-order chi connectivity index (χ0) is 19.4. The van der Waals surface area contributed by atoms with Gasteiger partial charge in [-0.25, -0.2) is 0 Å². The van der Waals surface area contributed by atoms with Crippen LogP contribution in [0, 0.1) is 6.92 Å². The number of halogens is 2. The Balaban J connectivity index is 1.97. The largest absolute Gasteiger partial charge is 0.480 e. The molecular weight excluding hydrogens is 371 g/mol. The second-order valence-electron chi connectivity index (χ2n) is 6.91. The van der Waals surface area contributed by atoms with Gasteiger partial charge in [0.15, 0.2) is 5.78 Å². The molecule has 0 aliphatic rings. The van der Waals surface area contributed by atoms with Crippen LogP contribution in [0.4, 0.5) is 0 Å². The van der Waals surface area contributed by atoms with E-state index < -0.39 is 11.3 Å². The second kappa shape index (κ2) is 13.2. The van der Waals surface area contributed by atoms with E-state index in [1.54, 1.807) is 6.07 Å². The molecule has 0 saturated carbocycles. The van der Waals surface area contributed by atoms with Crippen LogP contribution in [0.1, 0.15) is 86.6 Å². The van der Waals surface area contributed by atoms with Gasteiger partial charge in [0.25, 0.3) is 0 Å². The maximum absolute atomic E-state index is 12.1. The number of carbonyl (C=O) groups is 2. The number of ketones is 1. The molecule has 1 aromatic carbocycles. The number of aryl methyl sites for hydroxylation is 1. The molecule has 0 fully saturated rings. The lowest BCUT2D eigenvalue weighted by Gasteiger charge is -2.05. The number of alkyl halides is 1. The third-order valence-electron chi connectivity index (χ3n) is 4.62. The number of rotatable bonds is 14. The molecule has 1 aromatic rings. The van der Waals surface area contributed by atoms with Gasteiger partial charge in [0, 0.05) is 17.0 Å². The highest BCUT2D eigenvalue weighted by Gasteiger charge is 2.12. The number of carboxylic acids is 1. The van der Waals surface area contributed by atoms with Gasteiger partial charge >= 0.3 is 5.97 Å². The van der Waals surface area contributed by atoms with Crippen LogP contribution >= 0.6 is 23.2 Å². The lowest BCUT2D eigenvalue weighted by molar-refractivity contribution is -0.136. The standard InChI is InChI=1S/C21H30Cl2O3/c1-16-13-14-17(15-19(16)23)20(24)12-10-8-6-4-2-3-5-7-9-11-18(22)21(25)26/h13-15,18H,2-12H2,1H3,(H,25,26). The van der Waals surface area contributed by atoms with Crippen molar-refractivity contribution in [1.82, 2.24) is 0 Å². The van der Waals surface area contributed by atoms with Gasteiger partial charge in [-0.3, -0.25) is 9.59 Å². The maximum Gasteiger partial charge on any atom is 0.321 e. The van der Waals surface area contributed by atoms with E-state index in [0.717, 1.165) is 44.1 Å². The summed E-state index contributed by atoms with van der Waals surface area (Å²) in [5.74, 6) is -0.749. The molecule has 0 aliphatic carbocycles. The average Bonchev–Trinajstić information content (AvgIpc) is 2.61. The van der Waals surface area contributed by atoms with Crippen LogP contribution in [0.15, 0.2) is 18.2 Å². The predicted octanol–water partition coefficient (Wildman–Crippen LogP) is 6.81. The molecule has 0 saturated heterocycles. The van der Waals surface area contributed by atoms with Crippen molar-refractivity contribution in [3.05, 3.63) is 34.3 Å². The molecule has 0 spiro atoms. The predicted molar refractivity (Wildman–Crippen MR) is 109 cm³/mol. The van der Waals surface area contributed by atoms with Crippen molar-refractivity contribution in [2.45, 2.75) is 82.9 Å². The smallest absolute Gasteiger partial charge is 0.321 e. The van der Waals surface area contributed by atoms with Crippen molar-refractivity contribution in [2.24, 2.45) is 0 Å². The van der Waals surface area contributed by atoms with Crippen molar-refractivity contribution in [3.8, 4) is 0 Å². The van der Waals surface area contributed by atoms with Gasteiger partial charge in [0.2, 0.25) is 0 Å². The summed E-state index contributed by atoms with van der Waals surface area (Å²) in [6.07, 6.45) is 10.9. The number of carbonyl (C=O) groups excluding carboxylic acids is 1. The van der Waals surface area contributed by atoms with Gasteiger partial charge in [0.1, 0.15) is 5.38 Å². The number of Topliss-reactive ketones (excluding diaryl/α,β-unsaturated/α-hetero) is 1. The molecule has 0 aromatic heterocycles. The minimum Gasteiger partial charge on any atom is -0.480 e.